The van der Waals surface area contributed by atoms with Crippen LogP contribution < -0.4 is 14.8 Å². The molecule has 6 heteroatoms. The topological polar surface area (TPSA) is 61.7 Å². The summed E-state index contributed by atoms with van der Waals surface area (Å²) in [5.41, 5.74) is 3.26. The van der Waals surface area contributed by atoms with Crippen molar-refractivity contribution in [2.75, 3.05) is 34.5 Å². The quantitative estimate of drug-likeness (QED) is 0.514. The SMILES string of the molecule is CCn1cc([C@@H](CC(=O)NCCOC)c2cc(OC)cc(OC)c2)c2ccccc21. The van der Waals surface area contributed by atoms with Crippen molar-refractivity contribution in [1.29, 1.82) is 0 Å². The predicted octanol–water partition coefficient (Wildman–Crippen LogP) is 3.96. The van der Waals surface area contributed by atoms with Crippen molar-refractivity contribution in [3.8, 4) is 11.5 Å². The molecule has 1 N–H and O–H groups in total. The molecule has 1 aromatic heterocycles. The van der Waals surface area contributed by atoms with Gasteiger partial charge in [-0.25, -0.2) is 0 Å². The average molecular weight is 411 g/mol. The third kappa shape index (κ3) is 4.76. The van der Waals surface area contributed by atoms with Crippen LogP contribution in [0.1, 0.15) is 30.4 Å². The van der Waals surface area contributed by atoms with E-state index >= 15 is 0 Å². The monoisotopic (exact) mass is 410 g/mol. The lowest BCUT2D eigenvalue weighted by molar-refractivity contribution is -0.121. The molecule has 3 rings (SSSR count). The lowest BCUT2D eigenvalue weighted by Gasteiger charge is -2.19. The van der Waals surface area contributed by atoms with Gasteiger partial charge in [0.1, 0.15) is 11.5 Å². The zero-order valence-electron chi connectivity index (χ0n) is 18.1. The third-order valence-electron chi connectivity index (χ3n) is 5.33. The van der Waals surface area contributed by atoms with E-state index in [1.54, 1.807) is 21.3 Å². The Labute approximate surface area is 177 Å². The maximum atomic E-state index is 12.8. The van der Waals surface area contributed by atoms with Gasteiger partial charge in [-0.1, -0.05) is 18.2 Å². The molecule has 160 valence electrons. The maximum absolute atomic E-state index is 12.8. The number of carbonyl (C=O) groups is 1. The fourth-order valence-corrected chi connectivity index (χ4v) is 3.80. The number of methoxy groups -OCH3 is 3. The Morgan fingerprint density at radius 1 is 1.07 bits per heavy atom. The van der Waals surface area contributed by atoms with Gasteiger partial charge in [0, 0.05) is 55.7 Å². The van der Waals surface area contributed by atoms with Crippen molar-refractivity contribution >= 4 is 16.8 Å². The third-order valence-corrected chi connectivity index (χ3v) is 5.33. The molecule has 3 aromatic rings. The van der Waals surface area contributed by atoms with Gasteiger partial charge in [0.25, 0.3) is 0 Å². The summed E-state index contributed by atoms with van der Waals surface area (Å²) >= 11 is 0. The van der Waals surface area contributed by atoms with Crippen LogP contribution in [-0.2, 0) is 16.1 Å². The highest BCUT2D eigenvalue weighted by Crippen LogP contribution is 2.37. The first-order chi connectivity index (χ1) is 14.6. The zero-order valence-corrected chi connectivity index (χ0v) is 18.1. The van der Waals surface area contributed by atoms with Crippen LogP contribution in [0.2, 0.25) is 0 Å². The molecule has 6 nitrogen and oxygen atoms in total. The number of carbonyl (C=O) groups excluding carboxylic acids is 1. The summed E-state index contributed by atoms with van der Waals surface area (Å²) in [6.07, 6.45) is 2.47. The van der Waals surface area contributed by atoms with E-state index in [-0.39, 0.29) is 11.8 Å². The van der Waals surface area contributed by atoms with E-state index in [0.29, 0.717) is 31.1 Å². The first kappa shape index (κ1) is 21.7. The normalized spacial score (nSPS) is 12.0. The standard InChI is InChI=1S/C24H30N2O4/c1-5-26-16-22(20-8-6-7-9-23(20)26)21(15-24(27)25-10-11-28-2)17-12-18(29-3)14-19(13-17)30-4/h6-9,12-14,16,21H,5,10-11,15H2,1-4H3,(H,25,27)/t21-/m0/s1. The van der Waals surface area contributed by atoms with Gasteiger partial charge in [0.15, 0.2) is 0 Å². The van der Waals surface area contributed by atoms with Crippen molar-refractivity contribution in [3.05, 3.63) is 59.8 Å². The largest absolute Gasteiger partial charge is 0.497 e. The number of aromatic nitrogens is 1. The molecule has 1 amide bonds. The maximum Gasteiger partial charge on any atom is 0.221 e. The molecule has 0 saturated carbocycles. The molecule has 0 aliphatic heterocycles. The lowest BCUT2D eigenvalue weighted by Crippen LogP contribution is -2.28. The average Bonchev–Trinajstić information content (AvgIpc) is 3.15. The number of nitrogens with zero attached hydrogens (tertiary/aromatic N) is 1. The van der Waals surface area contributed by atoms with Crippen LogP contribution >= 0.6 is 0 Å². The molecule has 1 atom stereocenters. The molecule has 0 spiro atoms. The van der Waals surface area contributed by atoms with Gasteiger partial charge >= 0.3 is 0 Å². The zero-order chi connectivity index (χ0) is 21.5. The second-order valence-electron chi connectivity index (χ2n) is 7.13. The second kappa shape index (κ2) is 10.2. The molecule has 0 aliphatic rings. The van der Waals surface area contributed by atoms with Crippen LogP contribution in [-0.4, -0.2) is 45.0 Å². The van der Waals surface area contributed by atoms with Gasteiger partial charge in [0.2, 0.25) is 5.91 Å². The molecule has 0 saturated heterocycles. The molecule has 30 heavy (non-hydrogen) atoms. The minimum Gasteiger partial charge on any atom is -0.497 e. The van der Waals surface area contributed by atoms with Crippen LogP contribution in [0.25, 0.3) is 10.9 Å². The number of aryl methyl sites for hydroxylation is 1. The van der Waals surface area contributed by atoms with Crippen molar-refractivity contribution in [3.63, 3.8) is 0 Å². The number of amides is 1. The Morgan fingerprint density at radius 3 is 2.40 bits per heavy atom. The van der Waals surface area contributed by atoms with Crippen LogP contribution in [0, 0.1) is 0 Å². The Morgan fingerprint density at radius 2 is 1.77 bits per heavy atom. The van der Waals surface area contributed by atoms with Crippen LogP contribution in [0.15, 0.2) is 48.7 Å². The first-order valence-corrected chi connectivity index (χ1v) is 10.2. The minimum absolute atomic E-state index is 0.0211. The van der Waals surface area contributed by atoms with Gasteiger partial charge in [-0.05, 0) is 36.2 Å². The molecule has 0 radical (unpaired) electrons. The van der Waals surface area contributed by atoms with Gasteiger partial charge in [-0.15, -0.1) is 0 Å². The summed E-state index contributed by atoms with van der Waals surface area (Å²) < 4.78 is 18.2. The summed E-state index contributed by atoms with van der Waals surface area (Å²) in [4.78, 5) is 12.8. The summed E-state index contributed by atoms with van der Waals surface area (Å²) in [6.45, 7) is 3.95. The number of ether oxygens (including phenoxy) is 3. The van der Waals surface area contributed by atoms with Gasteiger partial charge in [-0.2, -0.15) is 0 Å². The number of hydrogen-bond donors (Lipinski definition) is 1. The molecule has 0 aliphatic carbocycles. The highest BCUT2D eigenvalue weighted by Gasteiger charge is 2.24. The van der Waals surface area contributed by atoms with Crippen LogP contribution in [0.3, 0.4) is 0 Å². The minimum atomic E-state index is -0.144. The number of benzene rings is 2. The van der Waals surface area contributed by atoms with E-state index in [2.05, 4.69) is 35.1 Å². The van der Waals surface area contributed by atoms with E-state index in [0.717, 1.165) is 28.6 Å². The van der Waals surface area contributed by atoms with Crippen molar-refractivity contribution < 1.29 is 19.0 Å². The van der Waals surface area contributed by atoms with E-state index in [1.807, 2.05) is 30.3 Å². The van der Waals surface area contributed by atoms with E-state index < -0.39 is 0 Å². The summed E-state index contributed by atoms with van der Waals surface area (Å²) in [6, 6.07) is 14.1. The number of nitrogens with one attached hydrogen (secondary N) is 1. The molecule has 0 bridgehead atoms. The number of para-hydroxylation sites is 1. The van der Waals surface area contributed by atoms with Crippen LogP contribution in [0.4, 0.5) is 0 Å². The Balaban J connectivity index is 2.08. The lowest BCUT2D eigenvalue weighted by atomic mass is 9.87. The molecular formula is C24H30N2O4. The Kier molecular flexibility index (Phi) is 7.36. The van der Waals surface area contributed by atoms with Crippen molar-refractivity contribution in [2.45, 2.75) is 25.8 Å². The fraction of sp³-hybridized carbons (Fsp3) is 0.375. The van der Waals surface area contributed by atoms with Crippen molar-refractivity contribution in [1.82, 2.24) is 9.88 Å². The number of fused-ring (bicyclic) bond motifs is 1. The van der Waals surface area contributed by atoms with Crippen molar-refractivity contribution in [2.24, 2.45) is 0 Å². The highest BCUT2D eigenvalue weighted by molar-refractivity contribution is 5.86. The molecule has 0 fully saturated rings. The molecule has 2 aromatic carbocycles. The van der Waals surface area contributed by atoms with Gasteiger partial charge in [0.05, 0.1) is 20.8 Å². The van der Waals surface area contributed by atoms with E-state index in [9.17, 15) is 4.79 Å². The van der Waals surface area contributed by atoms with E-state index in [1.165, 1.54) is 0 Å². The van der Waals surface area contributed by atoms with Gasteiger partial charge in [-0.3, -0.25) is 4.79 Å². The number of hydrogen-bond acceptors (Lipinski definition) is 4. The predicted molar refractivity (Wildman–Crippen MR) is 119 cm³/mol. The summed E-state index contributed by atoms with van der Waals surface area (Å²) in [5.74, 6) is 1.24. The Hall–Kier alpha value is -2.99. The summed E-state index contributed by atoms with van der Waals surface area (Å²) in [5, 5.41) is 4.10. The summed E-state index contributed by atoms with van der Waals surface area (Å²) in [7, 11) is 4.89. The molecular weight excluding hydrogens is 380 g/mol. The first-order valence-electron chi connectivity index (χ1n) is 10.2. The molecule has 0 unspecified atom stereocenters. The number of rotatable bonds is 10. The van der Waals surface area contributed by atoms with E-state index in [4.69, 9.17) is 14.2 Å². The van der Waals surface area contributed by atoms with Gasteiger partial charge < -0.3 is 24.1 Å². The fourth-order valence-electron chi connectivity index (χ4n) is 3.80. The Bertz CT molecular complexity index is 974. The molecule has 1 heterocycles. The van der Waals surface area contributed by atoms with Crippen LogP contribution in [0.5, 0.6) is 11.5 Å². The smallest absolute Gasteiger partial charge is 0.221 e. The highest BCUT2D eigenvalue weighted by atomic mass is 16.5. The second-order valence-corrected chi connectivity index (χ2v) is 7.13.